The van der Waals surface area contributed by atoms with Crippen molar-refractivity contribution in [3.05, 3.63) is 24.1 Å². The second kappa shape index (κ2) is 3.45. The summed E-state index contributed by atoms with van der Waals surface area (Å²) < 4.78 is 12.7. The fraction of sp³-hybridized carbons (Fsp3) is 0.545. The third-order valence-electron chi connectivity index (χ3n) is 3.43. The van der Waals surface area contributed by atoms with Crippen LogP contribution in [-0.2, 0) is 0 Å². The van der Waals surface area contributed by atoms with Crippen molar-refractivity contribution in [1.29, 1.82) is 0 Å². The molecule has 2 atom stereocenters. The van der Waals surface area contributed by atoms with E-state index in [0.717, 1.165) is 43.8 Å². The Morgan fingerprint density at radius 3 is 2.60 bits per heavy atom. The molecule has 80 valence electrons. The number of halogens is 1. The standard InChI is InChI=1S/C11H14FN3/c12-10-1-2-11(14-5-10)15-6-8-3-13-4-9(8)7-15/h1-2,5,8-9,13H,3-4,6-7H2/t8-,9+. The fourth-order valence-corrected chi connectivity index (χ4v) is 2.60. The molecule has 0 aliphatic carbocycles. The fourth-order valence-electron chi connectivity index (χ4n) is 2.60. The highest BCUT2D eigenvalue weighted by atomic mass is 19.1. The summed E-state index contributed by atoms with van der Waals surface area (Å²) in [5.74, 6) is 2.14. The lowest BCUT2D eigenvalue weighted by atomic mass is 10.0. The van der Waals surface area contributed by atoms with Crippen LogP contribution in [0.5, 0.6) is 0 Å². The molecule has 0 saturated carbocycles. The Kier molecular flexibility index (Phi) is 2.09. The van der Waals surface area contributed by atoms with E-state index in [1.807, 2.05) is 0 Å². The maximum Gasteiger partial charge on any atom is 0.141 e. The summed E-state index contributed by atoms with van der Waals surface area (Å²) in [6.45, 7) is 4.33. The topological polar surface area (TPSA) is 28.2 Å². The van der Waals surface area contributed by atoms with Crippen molar-refractivity contribution in [1.82, 2.24) is 10.3 Å². The molecule has 0 radical (unpaired) electrons. The zero-order valence-electron chi connectivity index (χ0n) is 8.49. The summed E-state index contributed by atoms with van der Waals surface area (Å²) in [6, 6.07) is 3.25. The van der Waals surface area contributed by atoms with Crippen LogP contribution >= 0.6 is 0 Å². The molecule has 0 amide bonds. The number of nitrogens with zero attached hydrogens (tertiary/aromatic N) is 2. The van der Waals surface area contributed by atoms with Gasteiger partial charge in [0.25, 0.3) is 0 Å². The van der Waals surface area contributed by atoms with Gasteiger partial charge in [-0.3, -0.25) is 0 Å². The highest BCUT2D eigenvalue weighted by Gasteiger charge is 2.36. The first-order valence-electron chi connectivity index (χ1n) is 5.40. The van der Waals surface area contributed by atoms with Gasteiger partial charge in [0.15, 0.2) is 0 Å². The minimum atomic E-state index is -0.264. The number of fused-ring (bicyclic) bond motifs is 1. The number of anilines is 1. The van der Waals surface area contributed by atoms with Gasteiger partial charge in [-0.05, 0) is 24.0 Å². The van der Waals surface area contributed by atoms with E-state index in [1.54, 1.807) is 6.07 Å². The van der Waals surface area contributed by atoms with Gasteiger partial charge >= 0.3 is 0 Å². The maximum atomic E-state index is 12.7. The number of aromatic nitrogens is 1. The van der Waals surface area contributed by atoms with Crippen molar-refractivity contribution in [2.75, 3.05) is 31.1 Å². The zero-order chi connectivity index (χ0) is 10.3. The molecule has 3 rings (SSSR count). The normalized spacial score (nSPS) is 29.5. The van der Waals surface area contributed by atoms with E-state index >= 15 is 0 Å². The van der Waals surface area contributed by atoms with Crippen LogP contribution in [0.1, 0.15) is 0 Å². The van der Waals surface area contributed by atoms with Gasteiger partial charge in [-0.1, -0.05) is 0 Å². The second-order valence-electron chi connectivity index (χ2n) is 4.42. The predicted molar refractivity (Wildman–Crippen MR) is 56.3 cm³/mol. The molecule has 2 aliphatic heterocycles. The van der Waals surface area contributed by atoms with Gasteiger partial charge in [0.1, 0.15) is 11.6 Å². The Morgan fingerprint density at radius 1 is 1.27 bits per heavy atom. The van der Waals surface area contributed by atoms with E-state index in [9.17, 15) is 4.39 Å². The Morgan fingerprint density at radius 2 is 2.00 bits per heavy atom. The van der Waals surface area contributed by atoms with E-state index in [2.05, 4.69) is 15.2 Å². The third kappa shape index (κ3) is 1.59. The molecule has 3 nitrogen and oxygen atoms in total. The van der Waals surface area contributed by atoms with Gasteiger partial charge < -0.3 is 10.2 Å². The number of rotatable bonds is 1. The third-order valence-corrected chi connectivity index (χ3v) is 3.43. The van der Waals surface area contributed by atoms with Crippen molar-refractivity contribution in [3.8, 4) is 0 Å². The molecule has 3 heterocycles. The predicted octanol–water partition coefficient (Wildman–Crippen LogP) is 0.876. The molecule has 1 N–H and O–H groups in total. The Bertz CT molecular complexity index is 339. The lowest BCUT2D eigenvalue weighted by Crippen LogP contribution is -2.26. The highest BCUT2D eigenvalue weighted by Crippen LogP contribution is 2.29. The Labute approximate surface area is 88.3 Å². The van der Waals surface area contributed by atoms with Gasteiger partial charge in [-0.2, -0.15) is 0 Å². The van der Waals surface area contributed by atoms with Gasteiger partial charge in [0.05, 0.1) is 6.20 Å². The molecule has 2 fully saturated rings. The van der Waals surface area contributed by atoms with Crippen LogP contribution in [0.25, 0.3) is 0 Å². The van der Waals surface area contributed by atoms with Crippen LogP contribution in [0.2, 0.25) is 0 Å². The minimum Gasteiger partial charge on any atom is -0.356 e. The first-order valence-corrected chi connectivity index (χ1v) is 5.40. The molecule has 0 unspecified atom stereocenters. The molecule has 0 spiro atoms. The van der Waals surface area contributed by atoms with Crippen molar-refractivity contribution in [3.63, 3.8) is 0 Å². The molecule has 2 aliphatic rings. The summed E-state index contributed by atoms with van der Waals surface area (Å²) in [5, 5.41) is 3.40. The monoisotopic (exact) mass is 207 g/mol. The Hall–Kier alpha value is -1.16. The summed E-state index contributed by atoms with van der Waals surface area (Å²) in [4.78, 5) is 6.38. The van der Waals surface area contributed by atoms with Gasteiger partial charge in [-0.15, -0.1) is 0 Å². The molecule has 1 aromatic rings. The summed E-state index contributed by atoms with van der Waals surface area (Å²) >= 11 is 0. The van der Waals surface area contributed by atoms with Gasteiger partial charge in [-0.25, -0.2) is 9.37 Å². The van der Waals surface area contributed by atoms with Crippen LogP contribution in [-0.4, -0.2) is 31.2 Å². The lowest BCUT2D eigenvalue weighted by Gasteiger charge is -2.18. The minimum absolute atomic E-state index is 0.264. The molecule has 2 saturated heterocycles. The Balaban J connectivity index is 1.76. The van der Waals surface area contributed by atoms with E-state index in [1.165, 1.54) is 12.3 Å². The summed E-state index contributed by atoms with van der Waals surface area (Å²) in [7, 11) is 0. The van der Waals surface area contributed by atoms with Crippen molar-refractivity contribution in [2.45, 2.75) is 0 Å². The molecule has 1 aromatic heterocycles. The summed E-state index contributed by atoms with van der Waals surface area (Å²) in [5.41, 5.74) is 0. The largest absolute Gasteiger partial charge is 0.356 e. The summed E-state index contributed by atoms with van der Waals surface area (Å²) in [6.07, 6.45) is 1.29. The average molecular weight is 207 g/mol. The smallest absolute Gasteiger partial charge is 0.141 e. The molecular formula is C11H14FN3. The number of nitrogens with one attached hydrogen (secondary N) is 1. The maximum absolute atomic E-state index is 12.7. The van der Waals surface area contributed by atoms with Gasteiger partial charge in [0, 0.05) is 26.2 Å². The van der Waals surface area contributed by atoms with Crippen LogP contribution in [0.4, 0.5) is 10.2 Å². The number of pyridine rings is 1. The average Bonchev–Trinajstić information content (AvgIpc) is 2.78. The molecule has 0 aromatic carbocycles. The SMILES string of the molecule is Fc1ccc(N2C[C@H]3CNC[C@H]3C2)nc1. The van der Waals surface area contributed by atoms with Crippen molar-refractivity contribution in [2.24, 2.45) is 11.8 Å². The van der Waals surface area contributed by atoms with Crippen molar-refractivity contribution < 1.29 is 4.39 Å². The highest BCUT2D eigenvalue weighted by molar-refractivity contribution is 5.40. The van der Waals surface area contributed by atoms with E-state index in [4.69, 9.17) is 0 Å². The first-order chi connectivity index (χ1) is 7.33. The second-order valence-corrected chi connectivity index (χ2v) is 4.42. The van der Waals surface area contributed by atoms with Gasteiger partial charge in [0.2, 0.25) is 0 Å². The van der Waals surface area contributed by atoms with Crippen LogP contribution < -0.4 is 10.2 Å². The number of hydrogen-bond acceptors (Lipinski definition) is 3. The van der Waals surface area contributed by atoms with E-state index < -0.39 is 0 Å². The van der Waals surface area contributed by atoms with Crippen molar-refractivity contribution >= 4 is 5.82 Å². The van der Waals surface area contributed by atoms with Crippen LogP contribution in [0.15, 0.2) is 18.3 Å². The van der Waals surface area contributed by atoms with Crippen LogP contribution in [0.3, 0.4) is 0 Å². The van der Waals surface area contributed by atoms with E-state index in [0.29, 0.717) is 0 Å². The molecule has 4 heteroatoms. The zero-order valence-corrected chi connectivity index (χ0v) is 8.49. The quantitative estimate of drug-likeness (QED) is 0.741. The molecular weight excluding hydrogens is 193 g/mol. The van der Waals surface area contributed by atoms with Crippen LogP contribution in [0, 0.1) is 17.7 Å². The molecule has 0 bridgehead atoms. The molecule has 15 heavy (non-hydrogen) atoms. The lowest BCUT2D eigenvalue weighted by molar-refractivity contribution is 0.533. The number of hydrogen-bond donors (Lipinski definition) is 1. The first kappa shape index (κ1) is 9.09. The van der Waals surface area contributed by atoms with E-state index in [-0.39, 0.29) is 5.82 Å².